The lowest BCUT2D eigenvalue weighted by Crippen LogP contribution is -2.41. The summed E-state index contributed by atoms with van der Waals surface area (Å²) in [5.41, 5.74) is 1.68. The highest BCUT2D eigenvalue weighted by Gasteiger charge is 2.36. The number of carbonyl (C=O) groups excluding carboxylic acids is 1. The molecular formula is C17H29NO4Si. The number of aromatic nitrogens is 1. The van der Waals surface area contributed by atoms with Crippen LogP contribution in [0.5, 0.6) is 0 Å². The summed E-state index contributed by atoms with van der Waals surface area (Å²) in [6.07, 6.45) is 1.64. The summed E-state index contributed by atoms with van der Waals surface area (Å²) < 4.78 is 10.8. The molecule has 0 aromatic carbocycles. The Kier molecular flexibility index (Phi) is 6.92. The van der Waals surface area contributed by atoms with Crippen molar-refractivity contribution in [1.29, 1.82) is 0 Å². The summed E-state index contributed by atoms with van der Waals surface area (Å²) >= 11 is 0. The SMILES string of the molecule is COC(=O)c1cc(CCCO[Si](C)(C)C(C)(C)C)cc(CO)n1. The smallest absolute Gasteiger partial charge is 0.356 e. The number of hydrogen-bond donors (Lipinski definition) is 1. The van der Waals surface area contributed by atoms with Crippen LogP contribution in [0.1, 0.15) is 48.9 Å². The van der Waals surface area contributed by atoms with E-state index in [0.717, 1.165) is 18.4 Å². The first-order valence-electron chi connectivity index (χ1n) is 7.93. The predicted octanol–water partition coefficient (Wildman–Crippen LogP) is 3.31. The minimum Gasteiger partial charge on any atom is -0.464 e. The Morgan fingerprint density at radius 1 is 1.30 bits per heavy atom. The van der Waals surface area contributed by atoms with Gasteiger partial charge in [-0.3, -0.25) is 0 Å². The van der Waals surface area contributed by atoms with E-state index in [-0.39, 0.29) is 17.3 Å². The second kappa shape index (κ2) is 8.03. The molecule has 0 unspecified atom stereocenters. The average molecular weight is 340 g/mol. The van der Waals surface area contributed by atoms with Crippen LogP contribution in [0, 0.1) is 0 Å². The van der Waals surface area contributed by atoms with Gasteiger partial charge in [-0.25, -0.2) is 9.78 Å². The average Bonchev–Trinajstić information content (AvgIpc) is 2.49. The molecule has 1 aromatic heterocycles. The number of esters is 1. The molecule has 0 aliphatic heterocycles. The summed E-state index contributed by atoms with van der Waals surface area (Å²) in [5, 5.41) is 9.48. The van der Waals surface area contributed by atoms with Gasteiger partial charge in [0.15, 0.2) is 8.32 Å². The Morgan fingerprint density at radius 3 is 2.48 bits per heavy atom. The lowest BCUT2D eigenvalue weighted by molar-refractivity contribution is 0.0593. The van der Waals surface area contributed by atoms with E-state index in [1.54, 1.807) is 6.07 Å². The van der Waals surface area contributed by atoms with Gasteiger partial charge in [-0.1, -0.05) is 20.8 Å². The Hall–Kier alpha value is -1.24. The number of aliphatic hydroxyl groups excluding tert-OH is 1. The summed E-state index contributed by atoms with van der Waals surface area (Å²) in [6.45, 7) is 11.6. The largest absolute Gasteiger partial charge is 0.464 e. The van der Waals surface area contributed by atoms with Gasteiger partial charge in [0, 0.05) is 6.61 Å². The Labute approximate surface area is 140 Å². The van der Waals surface area contributed by atoms with E-state index in [0.29, 0.717) is 12.3 Å². The molecule has 1 N–H and O–H groups in total. The topological polar surface area (TPSA) is 68.7 Å². The molecule has 6 heteroatoms. The zero-order valence-electron chi connectivity index (χ0n) is 15.1. The van der Waals surface area contributed by atoms with Crippen LogP contribution < -0.4 is 0 Å². The van der Waals surface area contributed by atoms with E-state index in [2.05, 4.69) is 38.8 Å². The predicted molar refractivity (Wildman–Crippen MR) is 93.0 cm³/mol. The zero-order chi connectivity index (χ0) is 17.7. The van der Waals surface area contributed by atoms with Crippen molar-refractivity contribution < 1.29 is 19.1 Å². The van der Waals surface area contributed by atoms with Crippen molar-refractivity contribution >= 4 is 14.3 Å². The maximum Gasteiger partial charge on any atom is 0.356 e. The molecule has 0 saturated carbocycles. The molecule has 0 amide bonds. The fraction of sp³-hybridized carbons (Fsp3) is 0.647. The molecular weight excluding hydrogens is 310 g/mol. The van der Waals surface area contributed by atoms with Gasteiger partial charge < -0.3 is 14.3 Å². The molecule has 1 aromatic rings. The number of aliphatic hydroxyl groups is 1. The maximum atomic E-state index is 11.6. The first-order valence-corrected chi connectivity index (χ1v) is 10.8. The van der Waals surface area contributed by atoms with Crippen molar-refractivity contribution in [3.8, 4) is 0 Å². The number of pyridine rings is 1. The summed E-state index contributed by atoms with van der Waals surface area (Å²) in [4.78, 5) is 15.7. The number of hydrogen-bond acceptors (Lipinski definition) is 5. The van der Waals surface area contributed by atoms with Crippen molar-refractivity contribution in [2.24, 2.45) is 0 Å². The number of aryl methyl sites for hydroxylation is 1. The molecule has 0 aliphatic rings. The normalized spacial score (nSPS) is 12.3. The molecule has 0 atom stereocenters. The quantitative estimate of drug-likeness (QED) is 0.469. The second-order valence-electron chi connectivity index (χ2n) is 7.21. The van der Waals surface area contributed by atoms with Crippen LogP contribution in [0.25, 0.3) is 0 Å². The van der Waals surface area contributed by atoms with Crippen molar-refractivity contribution in [3.05, 3.63) is 29.1 Å². The standard InChI is InChI=1S/C17H29NO4Si/c1-17(2,3)23(5,6)22-9-7-8-13-10-14(12-19)18-15(11-13)16(20)21-4/h10-11,19H,7-9,12H2,1-6H3. The van der Waals surface area contributed by atoms with Crippen LogP contribution in [0.2, 0.25) is 18.1 Å². The van der Waals surface area contributed by atoms with Crippen LogP contribution in [-0.4, -0.2) is 38.1 Å². The highest BCUT2D eigenvalue weighted by atomic mass is 28.4. The van der Waals surface area contributed by atoms with E-state index in [4.69, 9.17) is 9.16 Å². The first-order chi connectivity index (χ1) is 10.6. The van der Waals surface area contributed by atoms with Crippen molar-refractivity contribution in [2.45, 2.75) is 58.4 Å². The molecule has 0 aliphatic carbocycles. The molecule has 0 saturated heterocycles. The Bertz CT molecular complexity index is 538. The summed E-state index contributed by atoms with van der Waals surface area (Å²) in [6, 6.07) is 3.54. The minimum absolute atomic E-state index is 0.196. The third-order valence-corrected chi connectivity index (χ3v) is 8.91. The van der Waals surface area contributed by atoms with E-state index < -0.39 is 14.3 Å². The van der Waals surface area contributed by atoms with Gasteiger partial charge in [0.2, 0.25) is 0 Å². The number of nitrogens with zero attached hydrogens (tertiary/aromatic N) is 1. The van der Waals surface area contributed by atoms with E-state index in [9.17, 15) is 9.90 Å². The maximum absolute atomic E-state index is 11.6. The molecule has 0 fully saturated rings. The zero-order valence-corrected chi connectivity index (χ0v) is 16.1. The number of carbonyl (C=O) groups is 1. The van der Waals surface area contributed by atoms with Crippen LogP contribution in [0.15, 0.2) is 12.1 Å². The molecule has 0 spiro atoms. The molecule has 130 valence electrons. The highest BCUT2D eigenvalue weighted by molar-refractivity contribution is 6.74. The fourth-order valence-corrected chi connectivity index (χ4v) is 2.99. The van der Waals surface area contributed by atoms with E-state index in [1.807, 2.05) is 6.07 Å². The third kappa shape index (κ3) is 5.71. The van der Waals surface area contributed by atoms with E-state index >= 15 is 0 Å². The van der Waals surface area contributed by atoms with Gasteiger partial charge in [0.1, 0.15) is 5.69 Å². The first kappa shape index (κ1) is 19.8. The van der Waals surface area contributed by atoms with Crippen LogP contribution in [0.3, 0.4) is 0 Å². The number of rotatable bonds is 7. The molecule has 1 heterocycles. The van der Waals surface area contributed by atoms with Crippen molar-refractivity contribution in [2.75, 3.05) is 13.7 Å². The van der Waals surface area contributed by atoms with Gasteiger partial charge in [-0.2, -0.15) is 0 Å². The molecule has 1 rings (SSSR count). The number of methoxy groups -OCH3 is 1. The Balaban J connectivity index is 2.66. The highest BCUT2D eigenvalue weighted by Crippen LogP contribution is 2.36. The molecule has 23 heavy (non-hydrogen) atoms. The van der Waals surface area contributed by atoms with Gasteiger partial charge in [0.05, 0.1) is 19.4 Å². The lowest BCUT2D eigenvalue weighted by atomic mass is 10.1. The van der Waals surface area contributed by atoms with E-state index in [1.165, 1.54) is 7.11 Å². The van der Waals surface area contributed by atoms with Crippen LogP contribution >= 0.6 is 0 Å². The molecule has 0 bridgehead atoms. The van der Waals surface area contributed by atoms with Gasteiger partial charge in [-0.05, 0) is 48.7 Å². The molecule has 0 radical (unpaired) electrons. The Morgan fingerprint density at radius 2 is 1.96 bits per heavy atom. The summed E-state index contributed by atoms with van der Waals surface area (Å²) in [7, 11) is -0.400. The summed E-state index contributed by atoms with van der Waals surface area (Å²) in [5.74, 6) is -0.487. The van der Waals surface area contributed by atoms with Gasteiger partial charge in [-0.15, -0.1) is 0 Å². The van der Waals surface area contributed by atoms with Crippen molar-refractivity contribution in [3.63, 3.8) is 0 Å². The third-order valence-electron chi connectivity index (χ3n) is 4.37. The fourth-order valence-electron chi connectivity index (χ4n) is 1.91. The van der Waals surface area contributed by atoms with Crippen LogP contribution in [0.4, 0.5) is 0 Å². The van der Waals surface area contributed by atoms with Crippen molar-refractivity contribution in [1.82, 2.24) is 4.98 Å². The van der Waals surface area contributed by atoms with Gasteiger partial charge >= 0.3 is 5.97 Å². The lowest BCUT2D eigenvalue weighted by Gasteiger charge is -2.36. The minimum atomic E-state index is -1.72. The second-order valence-corrected chi connectivity index (χ2v) is 12.0. The van der Waals surface area contributed by atoms with Crippen LogP contribution in [-0.2, 0) is 22.2 Å². The monoisotopic (exact) mass is 339 g/mol. The number of ether oxygens (including phenoxy) is 1. The molecule has 5 nitrogen and oxygen atoms in total. The van der Waals surface area contributed by atoms with Gasteiger partial charge in [0.25, 0.3) is 0 Å².